The topological polar surface area (TPSA) is 81.5 Å². The minimum atomic E-state index is -1.35. The summed E-state index contributed by atoms with van der Waals surface area (Å²) in [6.07, 6.45) is 0. The molecule has 0 saturated heterocycles. The Labute approximate surface area is 153 Å². The van der Waals surface area contributed by atoms with Crippen LogP contribution in [0.1, 0.15) is 30.9 Å². The molecular weight excluding hydrogens is 332 g/mol. The maximum atomic E-state index is 12.6. The van der Waals surface area contributed by atoms with Crippen molar-refractivity contribution in [2.24, 2.45) is 5.92 Å². The third kappa shape index (κ3) is 4.81. The zero-order valence-electron chi connectivity index (χ0n) is 15.2. The van der Waals surface area contributed by atoms with Crippen LogP contribution < -0.4 is 10.1 Å². The summed E-state index contributed by atoms with van der Waals surface area (Å²) < 4.78 is 5.14. The third-order valence-corrected chi connectivity index (χ3v) is 4.36. The summed E-state index contributed by atoms with van der Waals surface area (Å²) in [6, 6.07) is 15.1. The summed E-state index contributed by atoms with van der Waals surface area (Å²) >= 11 is 0. The van der Waals surface area contributed by atoms with E-state index in [-0.39, 0.29) is 12.5 Å². The molecule has 26 heavy (non-hydrogen) atoms. The predicted octanol–water partition coefficient (Wildman–Crippen LogP) is 3.40. The van der Waals surface area contributed by atoms with Gasteiger partial charge in [-0.3, -0.25) is 14.9 Å². The van der Waals surface area contributed by atoms with Crippen molar-refractivity contribution in [1.82, 2.24) is 5.32 Å². The largest absolute Gasteiger partial charge is 0.497 e. The van der Waals surface area contributed by atoms with Gasteiger partial charge in [-0.15, -0.1) is 0 Å². The molecular formula is C20H24N2O4. The number of ether oxygens (including phenoxy) is 1. The van der Waals surface area contributed by atoms with E-state index in [1.807, 2.05) is 44.2 Å². The fourth-order valence-corrected chi connectivity index (χ4v) is 3.04. The quantitative estimate of drug-likeness (QED) is 0.580. The van der Waals surface area contributed by atoms with Crippen LogP contribution in [0.2, 0.25) is 0 Å². The summed E-state index contributed by atoms with van der Waals surface area (Å²) in [4.78, 5) is 23.8. The molecule has 1 amide bonds. The number of nitrogens with one attached hydrogen (secondary N) is 1. The Morgan fingerprint density at radius 1 is 1.12 bits per heavy atom. The van der Waals surface area contributed by atoms with Crippen LogP contribution in [-0.2, 0) is 11.3 Å². The Kier molecular flexibility index (Phi) is 6.72. The summed E-state index contributed by atoms with van der Waals surface area (Å²) in [5, 5.41) is 14.4. The summed E-state index contributed by atoms with van der Waals surface area (Å²) in [7, 11) is 1.56. The summed E-state index contributed by atoms with van der Waals surface area (Å²) in [6.45, 7) is 4.03. The Morgan fingerprint density at radius 3 is 2.23 bits per heavy atom. The van der Waals surface area contributed by atoms with E-state index in [1.54, 1.807) is 31.4 Å². The van der Waals surface area contributed by atoms with Gasteiger partial charge in [-0.2, -0.15) is 0 Å². The number of benzene rings is 2. The second-order valence-corrected chi connectivity index (χ2v) is 6.48. The Hall–Kier alpha value is -2.89. The van der Waals surface area contributed by atoms with Gasteiger partial charge in [0, 0.05) is 11.5 Å². The van der Waals surface area contributed by atoms with Crippen molar-refractivity contribution in [2.45, 2.75) is 32.4 Å². The molecule has 2 rings (SSSR count). The standard InChI is InChI=1S/C20H24N2O4/c1-14(2)18(16-9-11-17(26-3)12-10-16)19(22(24)25)20(23)21-13-15-7-5-4-6-8-15/h4-12,14,18-19H,13H2,1-3H3,(H,21,23)/t18-,19-/m0/s1. The molecule has 138 valence electrons. The van der Waals surface area contributed by atoms with Crippen LogP contribution in [0.25, 0.3) is 0 Å². The van der Waals surface area contributed by atoms with Crippen molar-refractivity contribution < 1.29 is 14.5 Å². The Bertz CT molecular complexity index is 729. The van der Waals surface area contributed by atoms with Gasteiger partial charge in [0.25, 0.3) is 11.9 Å². The monoisotopic (exact) mass is 356 g/mol. The molecule has 0 aromatic heterocycles. The van der Waals surface area contributed by atoms with E-state index in [1.165, 1.54) is 0 Å². The number of carbonyl (C=O) groups excluding carboxylic acids is 1. The molecule has 0 bridgehead atoms. The van der Waals surface area contributed by atoms with Gasteiger partial charge in [0.1, 0.15) is 5.75 Å². The molecule has 2 atom stereocenters. The maximum absolute atomic E-state index is 12.6. The predicted molar refractivity (Wildman–Crippen MR) is 99.6 cm³/mol. The molecule has 0 aliphatic carbocycles. The Morgan fingerprint density at radius 2 is 1.73 bits per heavy atom. The number of amides is 1. The van der Waals surface area contributed by atoms with E-state index in [2.05, 4.69) is 5.32 Å². The van der Waals surface area contributed by atoms with Crippen molar-refractivity contribution in [3.63, 3.8) is 0 Å². The van der Waals surface area contributed by atoms with Crippen molar-refractivity contribution >= 4 is 5.91 Å². The fraction of sp³-hybridized carbons (Fsp3) is 0.350. The minimum absolute atomic E-state index is 0.0822. The van der Waals surface area contributed by atoms with Crippen molar-refractivity contribution in [1.29, 1.82) is 0 Å². The summed E-state index contributed by atoms with van der Waals surface area (Å²) in [5.41, 5.74) is 1.64. The van der Waals surface area contributed by atoms with Gasteiger partial charge in [0.2, 0.25) is 0 Å². The zero-order chi connectivity index (χ0) is 19.1. The molecule has 0 fully saturated rings. The van der Waals surface area contributed by atoms with Gasteiger partial charge >= 0.3 is 0 Å². The normalized spacial score (nSPS) is 13.1. The summed E-state index contributed by atoms with van der Waals surface area (Å²) in [5.74, 6) is -0.524. The molecule has 0 heterocycles. The zero-order valence-corrected chi connectivity index (χ0v) is 15.2. The van der Waals surface area contributed by atoms with Crippen molar-refractivity contribution in [2.75, 3.05) is 7.11 Å². The van der Waals surface area contributed by atoms with E-state index in [4.69, 9.17) is 4.74 Å². The lowest BCUT2D eigenvalue weighted by Gasteiger charge is -2.24. The molecule has 0 radical (unpaired) electrons. The highest BCUT2D eigenvalue weighted by Crippen LogP contribution is 2.31. The van der Waals surface area contributed by atoms with Crippen LogP contribution >= 0.6 is 0 Å². The van der Waals surface area contributed by atoms with E-state index in [0.29, 0.717) is 5.75 Å². The molecule has 0 spiro atoms. The highest BCUT2D eigenvalue weighted by molar-refractivity contribution is 5.81. The molecule has 0 saturated carbocycles. The second kappa shape index (κ2) is 8.99. The molecule has 0 aliphatic rings. The van der Waals surface area contributed by atoms with Crippen LogP contribution in [0, 0.1) is 16.0 Å². The van der Waals surface area contributed by atoms with Crippen LogP contribution in [0.5, 0.6) is 5.75 Å². The van der Waals surface area contributed by atoms with Gasteiger partial charge in [-0.05, 0) is 29.2 Å². The van der Waals surface area contributed by atoms with Crippen molar-refractivity contribution in [3.05, 3.63) is 75.8 Å². The number of nitrogens with zero attached hydrogens (tertiary/aromatic N) is 1. The number of carbonyl (C=O) groups is 1. The number of hydrogen-bond donors (Lipinski definition) is 1. The van der Waals surface area contributed by atoms with Gasteiger partial charge in [-0.25, -0.2) is 0 Å². The van der Waals surface area contributed by atoms with Gasteiger partial charge in [0.15, 0.2) is 0 Å². The molecule has 0 aliphatic heterocycles. The number of methoxy groups -OCH3 is 1. The molecule has 0 unspecified atom stereocenters. The van der Waals surface area contributed by atoms with Crippen LogP contribution in [-0.4, -0.2) is 24.0 Å². The first-order valence-electron chi connectivity index (χ1n) is 8.53. The van der Waals surface area contributed by atoms with Gasteiger partial charge in [-0.1, -0.05) is 56.3 Å². The third-order valence-electron chi connectivity index (χ3n) is 4.36. The van der Waals surface area contributed by atoms with E-state index in [9.17, 15) is 14.9 Å². The first kappa shape index (κ1) is 19.4. The number of hydrogen-bond acceptors (Lipinski definition) is 4. The molecule has 6 heteroatoms. The van der Waals surface area contributed by atoms with E-state index in [0.717, 1.165) is 11.1 Å². The number of nitro groups is 1. The number of rotatable bonds is 8. The van der Waals surface area contributed by atoms with Crippen LogP contribution in [0.4, 0.5) is 0 Å². The minimum Gasteiger partial charge on any atom is -0.497 e. The lowest BCUT2D eigenvalue weighted by atomic mass is 9.82. The highest BCUT2D eigenvalue weighted by Gasteiger charge is 2.41. The molecule has 1 N–H and O–H groups in total. The molecule has 2 aromatic rings. The van der Waals surface area contributed by atoms with E-state index < -0.39 is 22.8 Å². The van der Waals surface area contributed by atoms with Crippen LogP contribution in [0.3, 0.4) is 0 Å². The highest BCUT2D eigenvalue weighted by atomic mass is 16.6. The van der Waals surface area contributed by atoms with E-state index >= 15 is 0 Å². The van der Waals surface area contributed by atoms with Crippen LogP contribution in [0.15, 0.2) is 54.6 Å². The molecule has 2 aromatic carbocycles. The van der Waals surface area contributed by atoms with Gasteiger partial charge < -0.3 is 10.1 Å². The first-order valence-corrected chi connectivity index (χ1v) is 8.53. The fourth-order valence-electron chi connectivity index (χ4n) is 3.04. The SMILES string of the molecule is COc1ccc([C@H](C(C)C)[C@@H](C(=O)NCc2ccccc2)[N+](=O)[O-])cc1. The average Bonchev–Trinajstić information content (AvgIpc) is 2.64. The average molecular weight is 356 g/mol. The smallest absolute Gasteiger partial charge is 0.296 e. The second-order valence-electron chi connectivity index (χ2n) is 6.48. The maximum Gasteiger partial charge on any atom is 0.296 e. The molecule has 6 nitrogen and oxygen atoms in total. The van der Waals surface area contributed by atoms with Crippen molar-refractivity contribution in [3.8, 4) is 5.75 Å². The first-order chi connectivity index (χ1) is 12.4. The van der Waals surface area contributed by atoms with Gasteiger partial charge in [0.05, 0.1) is 13.0 Å². The lowest BCUT2D eigenvalue weighted by molar-refractivity contribution is -0.513. The lowest BCUT2D eigenvalue weighted by Crippen LogP contribution is -2.44. The Balaban J connectivity index is 2.22.